The molecule has 11 aromatic rings. The largest absolute Gasteiger partial charge is 0.444 e. The van der Waals surface area contributed by atoms with Crippen LogP contribution in [0.3, 0.4) is 0 Å². The maximum absolute atomic E-state index is 12.4. The molecule has 14 rings (SSSR count). The molecule has 3 aliphatic rings. The number of aromatic nitrogens is 10. The van der Waals surface area contributed by atoms with Crippen molar-refractivity contribution in [3.63, 3.8) is 0 Å². The number of rotatable bonds is 12. The number of amides is 9. The van der Waals surface area contributed by atoms with Gasteiger partial charge in [-0.3, -0.25) is 85.7 Å². The Kier molecular flexibility index (Phi) is 39.2. The highest BCUT2D eigenvalue weighted by atomic mass is 35.5. The van der Waals surface area contributed by atoms with Gasteiger partial charge in [-0.25, -0.2) is 93.2 Å². The maximum atomic E-state index is 12.4. The average Bonchev–Trinajstić information content (AvgIpc) is 1.62. The van der Waals surface area contributed by atoms with Gasteiger partial charge in [0, 0.05) is 23.3 Å². The molecule has 0 bridgehead atoms. The first-order valence-corrected chi connectivity index (χ1v) is 41.2. The van der Waals surface area contributed by atoms with Gasteiger partial charge >= 0.3 is 48.1 Å². The molecular weight excluding hydrogens is 1880 g/mol. The number of imide groups is 2. The van der Waals surface area contributed by atoms with Gasteiger partial charge in [-0.05, 0) is 212 Å². The molecule has 3 aliphatic heterocycles. The van der Waals surface area contributed by atoms with Crippen LogP contribution >= 0.6 is 23.2 Å². The van der Waals surface area contributed by atoms with E-state index in [1.807, 2.05) is 0 Å². The number of hydrogen-bond acceptors (Lipinski definition) is 39. The summed E-state index contributed by atoms with van der Waals surface area (Å²) < 4.78 is 29.7. The lowest BCUT2D eigenvalue weighted by Gasteiger charge is -2.19. The third kappa shape index (κ3) is 37.3. The van der Waals surface area contributed by atoms with Crippen LogP contribution in [0.4, 0.5) is 105 Å². The number of halogens is 2. The number of pyridine rings is 4. The van der Waals surface area contributed by atoms with Gasteiger partial charge in [0.1, 0.15) is 76.1 Å². The number of nitro groups is 3. The first-order chi connectivity index (χ1) is 65.3. The zero-order valence-corrected chi connectivity index (χ0v) is 78.6. The third-order valence-electron chi connectivity index (χ3n) is 15.8. The topological polar surface area (TPSA) is 706 Å². The molecule has 140 heavy (non-hydrogen) atoms. The van der Waals surface area contributed by atoms with E-state index in [1.165, 1.54) is 79.6 Å². The molecule has 4 aromatic carbocycles. The van der Waals surface area contributed by atoms with Gasteiger partial charge in [0.15, 0.2) is 0 Å². The Morgan fingerprint density at radius 2 is 0.614 bits per heavy atom. The minimum absolute atomic E-state index is 0.0330. The van der Waals surface area contributed by atoms with E-state index in [9.17, 15) is 92.7 Å². The van der Waals surface area contributed by atoms with Crippen molar-refractivity contribution in [1.29, 1.82) is 0 Å². The summed E-state index contributed by atoms with van der Waals surface area (Å²) in [7, 11) is 0. The zero-order chi connectivity index (χ0) is 104. The molecule has 0 saturated heterocycles. The fourth-order valence-corrected chi connectivity index (χ4v) is 10.5. The van der Waals surface area contributed by atoms with E-state index in [1.54, 1.807) is 207 Å². The van der Waals surface area contributed by atoms with Crippen LogP contribution in [0.2, 0.25) is 0 Å². The van der Waals surface area contributed by atoms with Crippen molar-refractivity contribution < 1.29 is 106 Å². The molecule has 7 aromatic heterocycles. The third-order valence-corrected chi connectivity index (χ3v) is 16.2. The van der Waals surface area contributed by atoms with Gasteiger partial charge in [0.25, 0.3) is 45.5 Å². The number of carbonyl (C=O) groups excluding carboxylic acids is 13. The van der Waals surface area contributed by atoms with Crippen LogP contribution < -0.4 is 59.3 Å². The highest BCUT2D eigenvalue weighted by Crippen LogP contribution is 2.31. The van der Waals surface area contributed by atoms with Crippen LogP contribution in [0, 0.1) is 30.3 Å². The smallest absolute Gasteiger partial charge is 0.413 e. The number of cyclic esters (lactones) is 2. The summed E-state index contributed by atoms with van der Waals surface area (Å²) >= 11 is 10.4. The second-order valence-electron chi connectivity index (χ2n) is 32.8. The Hall–Kier alpha value is -18.2. The number of hydrogen-bond donors (Lipinski definition) is 9. The summed E-state index contributed by atoms with van der Waals surface area (Å²) in [5.74, 6) is -1.55. The molecule has 0 radical (unpaired) electrons. The van der Waals surface area contributed by atoms with Crippen LogP contribution in [-0.4, -0.2) is 169 Å². The molecule has 0 saturated carbocycles. The van der Waals surface area contributed by atoms with Gasteiger partial charge in [-0.15, -0.1) is 0 Å². The van der Waals surface area contributed by atoms with Crippen LogP contribution in [0.1, 0.15) is 187 Å². The van der Waals surface area contributed by atoms with Crippen molar-refractivity contribution in [2.24, 2.45) is 0 Å². The Labute approximate surface area is 805 Å². The van der Waals surface area contributed by atoms with E-state index in [-0.39, 0.29) is 69.2 Å². The van der Waals surface area contributed by atoms with E-state index in [0.717, 1.165) is 34.6 Å². The first-order valence-electron chi connectivity index (χ1n) is 40.4. The zero-order valence-electron chi connectivity index (χ0n) is 77.1. The van der Waals surface area contributed by atoms with E-state index >= 15 is 0 Å². The molecule has 51 heteroatoms. The molecule has 9 amide bonds. The Morgan fingerprint density at radius 3 is 0.914 bits per heavy atom. The normalized spacial score (nSPS) is 11.8. The fourth-order valence-electron chi connectivity index (χ4n) is 10.2. The number of benzene rings is 4. The number of nitrogen functional groups attached to an aromatic ring is 4. The van der Waals surface area contributed by atoms with Gasteiger partial charge in [0.2, 0.25) is 17.8 Å². The molecule has 0 aliphatic carbocycles. The van der Waals surface area contributed by atoms with E-state index in [0.29, 0.717) is 56.3 Å². The predicted molar refractivity (Wildman–Crippen MR) is 508 cm³/mol. The van der Waals surface area contributed by atoms with Gasteiger partial charge in [-0.2, -0.15) is 0 Å². The Bertz CT molecular complexity index is 5930. The lowest BCUT2D eigenvalue weighted by molar-refractivity contribution is -0.385. The van der Waals surface area contributed by atoms with Crippen LogP contribution in [0.25, 0.3) is 0 Å². The number of ether oxygens (including phenoxy) is 6. The monoisotopic (exact) mass is 1970 g/mol. The number of nitrogens with two attached hydrogens (primary N) is 4. The first kappa shape index (κ1) is 111. The number of nitrogens with zero attached hydrogens (tertiary/aromatic N) is 15. The standard InChI is InChI=1S/C18H17N3O4.C17H16N4O4.C10H13N3O4.C10H15N3O2.C9H14N4O2.C8H4Cl2O2.C8H4O3.C5H5N3O2.C4H4N4O2/c1-18(2,3)25-17(24)20-14-9-8-11(10-19-14)21-15(22)12-6-4-5-7-13(12)16(21)23;1-17(2,3)25-16(24)20-10-8-18-15(19-9-10)21-13(22)11-6-4-5-7-12(11)14(21)23;1-10(2,3)17-9(14)12-8-5-4-7(6-11-8)13(15)16;1-10(2,3)15-9(14)13-8-5-4-7(11)6-12-8;1-9(2,3)15-8(14)13-6-4-11-7(10)12-5-6;9-7(11)5-3-1-2-4-6(5)8(10)12;9-7-5-3-1-2-4-6(5)8(10)11-7;6-5-2-1-4(3-7-5)8(9)10;5-4-6-1-3(2-7-4)8(9)10/h4-10H,1-3H3,(H,19,20,24);4-9H,1-3H3,(H,20,24);4-6H,1-3H3,(H,11,12,14);4-6H,11H2,1-3H3,(H,12,13,14);4-5H,1-3H3,(H,13,14)(H2,10,11,12);1-4H;1-4H;1-3H,(H2,6,7);1-2H,(H2,5,6,7). The van der Waals surface area contributed by atoms with Crippen LogP contribution in [-0.2, 0) is 28.4 Å². The Morgan fingerprint density at radius 1 is 0.329 bits per heavy atom. The predicted octanol–water partition coefficient (Wildman–Crippen LogP) is 15.6. The summed E-state index contributed by atoms with van der Waals surface area (Å²) in [6, 6.07) is 37.4. The summed E-state index contributed by atoms with van der Waals surface area (Å²) in [6.45, 7) is 26.4. The summed E-state index contributed by atoms with van der Waals surface area (Å²) in [6.07, 6.45) is 9.53. The van der Waals surface area contributed by atoms with Crippen molar-refractivity contribution >= 4 is 181 Å². The lowest BCUT2D eigenvalue weighted by Crippen LogP contribution is -2.31. The lowest BCUT2D eigenvalue weighted by atomic mass is 10.1. The van der Waals surface area contributed by atoms with E-state index in [4.69, 9.17) is 69.8 Å². The maximum Gasteiger partial charge on any atom is 0.413 e. The molecular formula is C89H92Cl2N24O25. The van der Waals surface area contributed by atoms with Crippen molar-refractivity contribution in [2.45, 2.75) is 132 Å². The SMILES string of the molecule is CC(C)(C)OC(=O)Nc1ccc(N)cn1.CC(C)(C)OC(=O)Nc1ccc(N2C(=O)c3ccccc3C2=O)cn1.CC(C)(C)OC(=O)Nc1ccc([N+](=O)[O-])cn1.CC(C)(C)OC(=O)Nc1cnc(N)nc1.CC(C)(C)OC(=O)Nc1cnc(N2C(=O)c3ccccc3C2=O)nc1.Nc1ccc([N+](=O)[O-])cn1.Nc1ncc([N+](=O)[O-])cn1.O=C(Cl)c1ccccc1C(=O)Cl.O=C1OC(=O)c2ccccc21. The van der Waals surface area contributed by atoms with Crippen molar-refractivity contribution in [2.75, 3.05) is 59.3 Å². The fraction of sp³-hybridized carbons (Fsp3) is 0.225. The number of nitrogens with one attached hydrogen (secondary N) is 5. The quantitative estimate of drug-likeness (QED) is 0.0104. The summed E-state index contributed by atoms with van der Waals surface area (Å²) in [5.41, 5.74) is 21.7. The van der Waals surface area contributed by atoms with Crippen molar-refractivity contribution in [1.82, 2.24) is 49.8 Å². The molecule has 732 valence electrons. The second kappa shape index (κ2) is 49.7. The number of carbonyl (C=O) groups is 13. The summed E-state index contributed by atoms with van der Waals surface area (Å²) in [5, 5.41) is 41.4. The second-order valence-corrected chi connectivity index (χ2v) is 33.5. The van der Waals surface area contributed by atoms with Gasteiger partial charge in [-0.1, -0.05) is 48.5 Å². The highest BCUT2D eigenvalue weighted by molar-refractivity contribution is 6.72. The molecule has 13 N–H and O–H groups in total. The number of anilines is 11. The number of fused-ring (bicyclic) bond motifs is 3. The molecule has 49 nitrogen and oxygen atoms in total. The molecule has 10 heterocycles. The summed E-state index contributed by atoms with van der Waals surface area (Å²) in [4.78, 5) is 218. The highest BCUT2D eigenvalue weighted by Gasteiger charge is 2.39. The minimum atomic E-state index is -0.681. The Balaban J connectivity index is 0.000000246. The van der Waals surface area contributed by atoms with Crippen molar-refractivity contribution in [3.8, 4) is 0 Å². The van der Waals surface area contributed by atoms with Gasteiger partial charge < -0.3 is 51.4 Å². The van der Waals surface area contributed by atoms with Gasteiger partial charge in [0.05, 0.1) is 108 Å². The van der Waals surface area contributed by atoms with Crippen LogP contribution in [0.5, 0.6) is 0 Å². The number of esters is 2. The van der Waals surface area contributed by atoms with E-state index in [2.05, 4.69) is 81.2 Å². The van der Waals surface area contributed by atoms with E-state index < -0.39 is 119 Å². The molecule has 0 unspecified atom stereocenters. The molecule has 0 atom stereocenters. The average molecular weight is 1970 g/mol. The minimum Gasteiger partial charge on any atom is -0.444 e. The van der Waals surface area contributed by atoms with Crippen molar-refractivity contribution in [3.05, 3.63) is 282 Å². The molecule has 0 fully saturated rings. The van der Waals surface area contributed by atoms with Crippen LogP contribution in [0.15, 0.2) is 208 Å². The molecule has 0 spiro atoms.